The molecule has 0 atom stereocenters. The molecule has 1 aromatic carbocycles. The van der Waals surface area contributed by atoms with Crippen LogP contribution in [0.3, 0.4) is 0 Å². The maximum atomic E-state index is 12.1. The molecule has 0 saturated heterocycles. The van der Waals surface area contributed by atoms with Gasteiger partial charge in [-0.1, -0.05) is 37.3 Å². The van der Waals surface area contributed by atoms with Crippen molar-refractivity contribution in [1.29, 1.82) is 0 Å². The number of aromatic nitrogens is 1. The molecular weight excluding hydrogens is 338 g/mol. The van der Waals surface area contributed by atoms with E-state index in [1.54, 1.807) is 13.1 Å². The van der Waals surface area contributed by atoms with Crippen LogP contribution < -0.4 is 10.6 Å². The summed E-state index contributed by atoms with van der Waals surface area (Å²) in [7, 11) is 3.73. The summed E-state index contributed by atoms with van der Waals surface area (Å²) in [5.74, 6) is 1.27. The number of amides is 1. The molecule has 0 fully saturated rings. The predicted octanol–water partition coefficient (Wildman–Crippen LogP) is 2.99. The number of benzene rings is 1. The van der Waals surface area contributed by atoms with E-state index in [0.29, 0.717) is 18.8 Å². The van der Waals surface area contributed by atoms with Gasteiger partial charge in [0, 0.05) is 39.3 Å². The minimum absolute atomic E-state index is 0.0751. The third kappa shape index (κ3) is 6.73. The molecule has 1 aromatic heterocycles. The van der Waals surface area contributed by atoms with Crippen LogP contribution in [0.2, 0.25) is 0 Å². The molecule has 0 aliphatic carbocycles. The van der Waals surface area contributed by atoms with Crippen molar-refractivity contribution in [2.45, 2.75) is 33.2 Å². The van der Waals surface area contributed by atoms with Crippen molar-refractivity contribution in [2.75, 3.05) is 26.0 Å². The third-order valence-electron chi connectivity index (χ3n) is 4.22. The second kappa shape index (κ2) is 10.3. The lowest BCUT2D eigenvalue weighted by molar-refractivity contribution is -0.116. The predicted molar refractivity (Wildman–Crippen MR) is 111 cm³/mol. The van der Waals surface area contributed by atoms with Crippen LogP contribution in [-0.2, 0) is 17.8 Å². The Balaban J connectivity index is 1.79. The number of aliphatic imine (C=N–C) groups is 1. The zero-order chi connectivity index (χ0) is 19.6. The van der Waals surface area contributed by atoms with Gasteiger partial charge >= 0.3 is 0 Å². The summed E-state index contributed by atoms with van der Waals surface area (Å²) >= 11 is 0. The van der Waals surface area contributed by atoms with Gasteiger partial charge in [0.1, 0.15) is 5.82 Å². The van der Waals surface area contributed by atoms with E-state index in [2.05, 4.69) is 51.8 Å². The Bertz CT molecular complexity index is 770. The average molecular weight is 367 g/mol. The molecular formula is C21H29N5O. The van der Waals surface area contributed by atoms with Crippen LogP contribution in [0.5, 0.6) is 0 Å². The highest BCUT2D eigenvalue weighted by molar-refractivity contribution is 5.90. The van der Waals surface area contributed by atoms with Crippen LogP contribution in [0, 0.1) is 6.92 Å². The molecule has 6 heteroatoms. The van der Waals surface area contributed by atoms with E-state index in [4.69, 9.17) is 0 Å². The van der Waals surface area contributed by atoms with Gasteiger partial charge < -0.3 is 15.5 Å². The molecule has 0 spiro atoms. The van der Waals surface area contributed by atoms with Gasteiger partial charge in [-0.05, 0) is 36.6 Å². The Morgan fingerprint density at radius 3 is 2.48 bits per heavy atom. The van der Waals surface area contributed by atoms with E-state index in [-0.39, 0.29) is 5.91 Å². The largest absolute Gasteiger partial charge is 0.356 e. The second-order valence-electron chi connectivity index (χ2n) is 6.46. The van der Waals surface area contributed by atoms with Crippen LogP contribution in [0.4, 0.5) is 5.82 Å². The molecule has 0 aliphatic heterocycles. The van der Waals surface area contributed by atoms with Crippen molar-refractivity contribution in [1.82, 2.24) is 15.2 Å². The maximum Gasteiger partial charge on any atom is 0.227 e. The minimum atomic E-state index is -0.0751. The fraction of sp³-hybridized carbons (Fsp3) is 0.381. The number of hydrogen-bond acceptors (Lipinski definition) is 3. The average Bonchev–Trinajstić information content (AvgIpc) is 2.65. The summed E-state index contributed by atoms with van der Waals surface area (Å²) < 4.78 is 0. The quantitative estimate of drug-likeness (QED) is 0.583. The molecule has 0 saturated carbocycles. The summed E-state index contributed by atoms with van der Waals surface area (Å²) in [6, 6.07) is 14.2. The summed E-state index contributed by atoms with van der Waals surface area (Å²) in [6.07, 6.45) is 1.38. The Hall–Kier alpha value is -2.89. The van der Waals surface area contributed by atoms with Gasteiger partial charge in [0.05, 0.1) is 0 Å². The van der Waals surface area contributed by atoms with E-state index in [0.717, 1.165) is 24.6 Å². The normalized spacial score (nSPS) is 11.2. The van der Waals surface area contributed by atoms with Crippen LogP contribution in [-0.4, -0.2) is 42.4 Å². The Morgan fingerprint density at radius 1 is 1.15 bits per heavy atom. The highest BCUT2D eigenvalue weighted by atomic mass is 16.1. The highest BCUT2D eigenvalue weighted by Gasteiger charge is 2.08. The second-order valence-corrected chi connectivity index (χ2v) is 6.46. The number of guanidine groups is 1. The van der Waals surface area contributed by atoms with Gasteiger partial charge in [0.15, 0.2) is 5.96 Å². The van der Waals surface area contributed by atoms with Gasteiger partial charge in [-0.15, -0.1) is 0 Å². The topological polar surface area (TPSA) is 69.6 Å². The molecule has 144 valence electrons. The summed E-state index contributed by atoms with van der Waals surface area (Å²) in [5.41, 5.74) is 3.43. The Labute approximate surface area is 161 Å². The van der Waals surface area contributed by atoms with Crippen LogP contribution >= 0.6 is 0 Å². The van der Waals surface area contributed by atoms with E-state index in [1.807, 2.05) is 31.0 Å². The minimum Gasteiger partial charge on any atom is -0.356 e. The smallest absolute Gasteiger partial charge is 0.227 e. The van der Waals surface area contributed by atoms with Crippen molar-refractivity contribution in [3.05, 3.63) is 59.3 Å². The molecule has 2 aromatic rings. The highest BCUT2D eigenvalue weighted by Crippen LogP contribution is 2.08. The number of rotatable bonds is 7. The number of hydrogen-bond donors (Lipinski definition) is 2. The molecule has 1 heterocycles. The van der Waals surface area contributed by atoms with Crippen molar-refractivity contribution in [3.63, 3.8) is 0 Å². The van der Waals surface area contributed by atoms with Crippen molar-refractivity contribution < 1.29 is 4.79 Å². The van der Waals surface area contributed by atoms with Gasteiger partial charge in [0.2, 0.25) is 5.91 Å². The number of nitrogens with zero attached hydrogens (tertiary/aromatic N) is 3. The van der Waals surface area contributed by atoms with E-state index in [9.17, 15) is 4.79 Å². The van der Waals surface area contributed by atoms with Crippen LogP contribution in [0.25, 0.3) is 0 Å². The van der Waals surface area contributed by atoms with E-state index in [1.165, 1.54) is 11.1 Å². The SMILES string of the molecule is CCc1ccc(CN(C)C(=NC)NCCC(=O)Nc2cccc(C)n2)cc1. The van der Waals surface area contributed by atoms with Crippen molar-refractivity contribution in [3.8, 4) is 0 Å². The Morgan fingerprint density at radius 2 is 1.85 bits per heavy atom. The summed E-state index contributed by atoms with van der Waals surface area (Å²) in [6.45, 7) is 5.30. The fourth-order valence-electron chi connectivity index (χ4n) is 2.72. The first-order valence-electron chi connectivity index (χ1n) is 9.25. The zero-order valence-electron chi connectivity index (χ0n) is 16.6. The summed E-state index contributed by atoms with van der Waals surface area (Å²) in [4.78, 5) is 22.7. The number of aryl methyl sites for hydroxylation is 2. The van der Waals surface area contributed by atoms with Gasteiger partial charge in [-0.2, -0.15) is 0 Å². The molecule has 0 radical (unpaired) electrons. The van der Waals surface area contributed by atoms with E-state index >= 15 is 0 Å². The molecule has 2 rings (SSSR count). The standard InChI is InChI=1S/C21H29N5O/c1-5-17-9-11-18(12-10-17)15-26(4)21(22-3)23-14-13-20(27)25-19-8-6-7-16(2)24-19/h6-12H,5,13-15H2,1-4H3,(H,22,23)(H,24,25,27). The molecule has 0 bridgehead atoms. The van der Waals surface area contributed by atoms with Gasteiger partial charge in [0.25, 0.3) is 0 Å². The van der Waals surface area contributed by atoms with Crippen LogP contribution in [0.1, 0.15) is 30.2 Å². The van der Waals surface area contributed by atoms with Crippen molar-refractivity contribution in [2.24, 2.45) is 4.99 Å². The number of carbonyl (C=O) groups excluding carboxylic acids is 1. The lowest BCUT2D eigenvalue weighted by atomic mass is 10.1. The first-order valence-corrected chi connectivity index (χ1v) is 9.25. The van der Waals surface area contributed by atoms with E-state index < -0.39 is 0 Å². The monoisotopic (exact) mass is 367 g/mol. The van der Waals surface area contributed by atoms with Crippen LogP contribution in [0.15, 0.2) is 47.5 Å². The first kappa shape index (κ1) is 20.4. The Kier molecular flexibility index (Phi) is 7.79. The number of nitrogens with one attached hydrogen (secondary N) is 2. The van der Waals surface area contributed by atoms with Gasteiger partial charge in [-0.25, -0.2) is 4.98 Å². The number of pyridine rings is 1. The lowest BCUT2D eigenvalue weighted by Gasteiger charge is -2.22. The van der Waals surface area contributed by atoms with Crippen molar-refractivity contribution >= 4 is 17.7 Å². The maximum absolute atomic E-state index is 12.1. The molecule has 6 nitrogen and oxygen atoms in total. The molecule has 2 N–H and O–H groups in total. The third-order valence-corrected chi connectivity index (χ3v) is 4.22. The fourth-order valence-corrected chi connectivity index (χ4v) is 2.72. The molecule has 0 unspecified atom stereocenters. The number of anilines is 1. The lowest BCUT2D eigenvalue weighted by Crippen LogP contribution is -2.39. The summed E-state index contributed by atoms with van der Waals surface area (Å²) in [5, 5.41) is 6.05. The molecule has 27 heavy (non-hydrogen) atoms. The van der Waals surface area contributed by atoms with Gasteiger partial charge in [-0.3, -0.25) is 9.79 Å². The molecule has 1 amide bonds. The number of carbonyl (C=O) groups is 1. The zero-order valence-corrected chi connectivity index (χ0v) is 16.6. The first-order chi connectivity index (χ1) is 13.0. The molecule has 0 aliphatic rings.